The number of anilines is 1. The molecule has 1 aromatic rings. The molecule has 0 fully saturated rings. The highest BCUT2D eigenvalue weighted by Gasteiger charge is 2.18. The Balaban J connectivity index is 2.73. The van der Waals surface area contributed by atoms with Crippen LogP contribution in [-0.2, 0) is 9.59 Å². The fourth-order valence-corrected chi connectivity index (χ4v) is 2.13. The van der Waals surface area contributed by atoms with Gasteiger partial charge in [-0.1, -0.05) is 43.9 Å². The third-order valence-corrected chi connectivity index (χ3v) is 3.19. The van der Waals surface area contributed by atoms with Gasteiger partial charge in [0.2, 0.25) is 5.91 Å². The van der Waals surface area contributed by atoms with Crippen LogP contribution in [-0.4, -0.2) is 23.5 Å². The smallest absolute Gasteiger partial charge is 0.323 e. The zero-order valence-corrected chi connectivity index (χ0v) is 12.4. The average Bonchev–Trinajstić information content (AvgIpc) is 2.40. The number of amides is 1. The highest BCUT2D eigenvalue weighted by Crippen LogP contribution is 2.20. The predicted molar refractivity (Wildman–Crippen MR) is 80.2 cm³/mol. The van der Waals surface area contributed by atoms with Gasteiger partial charge in [0.05, 0.1) is 0 Å². The molecule has 0 aliphatic rings. The number of halogens is 1. The molecule has 0 aromatic heterocycles. The van der Waals surface area contributed by atoms with E-state index in [9.17, 15) is 9.59 Å². The third-order valence-electron chi connectivity index (χ3n) is 2.96. The van der Waals surface area contributed by atoms with E-state index in [1.165, 1.54) is 4.90 Å². The van der Waals surface area contributed by atoms with Crippen molar-refractivity contribution in [2.75, 3.05) is 11.4 Å². The molecule has 0 unspecified atom stereocenters. The van der Waals surface area contributed by atoms with E-state index in [4.69, 9.17) is 16.7 Å². The first-order valence-corrected chi connectivity index (χ1v) is 7.20. The van der Waals surface area contributed by atoms with Crippen LogP contribution in [0.25, 0.3) is 0 Å². The van der Waals surface area contributed by atoms with Gasteiger partial charge in [-0.05, 0) is 24.6 Å². The van der Waals surface area contributed by atoms with E-state index < -0.39 is 5.97 Å². The Morgan fingerprint density at radius 3 is 2.60 bits per heavy atom. The number of hydrogen-bond acceptors (Lipinski definition) is 2. The number of nitrogens with zero attached hydrogens (tertiary/aromatic N) is 1. The van der Waals surface area contributed by atoms with Gasteiger partial charge in [-0.3, -0.25) is 9.59 Å². The Morgan fingerprint density at radius 1 is 1.25 bits per heavy atom. The van der Waals surface area contributed by atoms with Gasteiger partial charge in [-0.25, -0.2) is 0 Å². The molecule has 1 rings (SSSR count). The second-order valence-corrected chi connectivity index (χ2v) is 5.10. The van der Waals surface area contributed by atoms with Crippen molar-refractivity contribution >= 4 is 29.2 Å². The number of carbonyl (C=O) groups excluding carboxylic acids is 1. The van der Waals surface area contributed by atoms with Gasteiger partial charge in [-0.15, -0.1) is 0 Å². The van der Waals surface area contributed by atoms with Crippen molar-refractivity contribution < 1.29 is 14.7 Å². The Kier molecular flexibility index (Phi) is 7.09. The summed E-state index contributed by atoms with van der Waals surface area (Å²) in [5, 5.41) is 9.43. The molecule has 5 heteroatoms. The molecule has 0 saturated carbocycles. The van der Waals surface area contributed by atoms with Crippen LogP contribution in [0, 0.1) is 0 Å². The summed E-state index contributed by atoms with van der Waals surface area (Å²) < 4.78 is 0. The number of benzene rings is 1. The quantitative estimate of drug-likeness (QED) is 0.744. The van der Waals surface area contributed by atoms with Gasteiger partial charge in [0.25, 0.3) is 0 Å². The van der Waals surface area contributed by atoms with E-state index in [0.717, 1.165) is 25.7 Å². The summed E-state index contributed by atoms with van der Waals surface area (Å²) >= 11 is 5.89. The Bertz CT molecular complexity index is 462. The number of carboxylic acids is 1. The molecule has 0 radical (unpaired) electrons. The molecular formula is C15H20ClNO3. The van der Waals surface area contributed by atoms with Gasteiger partial charge >= 0.3 is 5.97 Å². The molecule has 110 valence electrons. The highest BCUT2D eigenvalue weighted by atomic mass is 35.5. The zero-order valence-electron chi connectivity index (χ0n) is 11.6. The predicted octanol–water partition coefficient (Wildman–Crippen LogP) is 3.73. The Hall–Kier alpha value is -1.55. The van der Waals surface area contributed by atoms with Crippen LogP contribution in [0.1, 0.15) is 39.0 Å². The first-order valence-electron chi connectivity index (χ1n) is 6.82. The van der Waals surface area contributed by atoms with E-state index in [1.807, 2.05) is 0 Å². The minimum atomic E-state index is -1.04. The summed E-state index contributed by atoms with van der Waals surface area (Å²) in [6, 6.07) is 6.69. The summed E-state index contributed by atoms with van der Waals surface area (Å²) in [6.45, 7) is 1.76. The first kappa shape index (κ1) is 16.5. The molecular weight excluding hydrogens is 278 g/mol. The first-order chi connectivity index (χ1) is 9.54. The molecule has 0 spiro atoms. The molecule has 0 aliphatic heterocycles. The van der Waals surface area contributed by atoms with Crippen LogP contribution in [0.2, 0.25) is 5.02 Å². The van der Waals surface area contributed by atoms with Crippen LogP contribution in [0.15, 0.2) is 24.3 Å². The van der Waals surface area contributed by atoms with Crippen LogP contribution < -0.4 is 4.90 Å². The van der Waals surface area contributed by atoms with Crippen LogP contribution in [0.4, 0.5) is 5.69 Å². The van der Waals surface area contributed by atoms with Crippen molar-refractivity contribution in [1.29, 1.82) is 0 Å². The fourth-order valence-electron chi connectivity index (χ4n) is 1.94. The lowest BCUT2D eigenvalue weighted by molar-refractivity contribution is -0.136. The largest absolute Gasteiger partial charge is 0.480 e. The van der Waals surface area contributed by atoms with Gasteiger partial charge < -0.3 is 10.0 Å². The minimum absolute atomic E-state index is 0.175. The van der Waals surface area contributed by atoms with Crippen LogP contribution in [0.3, 0.4) is 0 Å². The summed E-state index contributed by atoms with van der Waals surface area (Å²) in [7, 11) is 0. The second kappa shape index (κ2) is 8.59. The van der Waals surface area contributed by atoms with Crippen molar-refractivity contribution in [3.63, 3.8) is 0 Å². The highest BCUT2D eigenvalue weighted by molar-refractivity contribution is 6.30. The topological polar surface area (TPSA) is 57.6 Å². The molecule has 0 saturated heterocycles. The lowest BCUT2D eigenvalue weighted by Crippen LogP contribution is -2.35. The second-order valence-electron chi connectivity index (χ2n) is 4.66. The minimum Gasteiger partial charge on any atom is -0.480 e. The maximum absolute atomic E-state index is 12.2. The lowest BCUT2D eigenvalue weighted by atomic mass is 10.1. The number of carboxylic acid groups (broad SMARTS) is 1. The number of unbranched alkanes of at least 4 members (excludes halogenated alkanes) is 3. The van der Waals surface area contributed by atoms with E-state index in [-0.39, 0.29) is 12.5 Å². The molecule has 0 bridgehead atoms. The maximum Gasteiger partial charge on any atom is 0.323 e. The van der Waals surface area contributed by atoms with E-state index in [0.29, 0.717) is 17.1 Å². The number of carbonyl (C=O) groups is 2. The molecule has 1 N–H and O–H groups in total. The Morgan fingerprint density at radius 2 is 2.00 bits per heavy atom. The van der Waals surface area contributed by atoms with Crippen LogP contribution in [0.5, 0.6) is 0 Å². The lowest BCUT2D eigenvalue weighted by Gasteiger charge is -2.21. The summed E-state index contributed by atoms with van der Waals surface area (Å²) in [4.78, 5) is 24.4. The van der Waals surface area contributed by atoms with Gasteiger partial charge in [0.15, 0.2) is 0 Å². The summed E-state index contributed by atoms with van der Waals surface area (Å²) in [5.74, 6) is -1.21. The molecule has 4 nitrogen and oxygen atoms in total. The zero-order chi connectivity index (χ0) is 15.0. The monoisotopic (exact) mass is 297 g/mol. The fraction of sp³-hybridized carbons (Fsp3) is 0.467. The number of hydrogen-bond donors (Lipinski definition) is 1. The van der Waals surface area contributed by atoms with E-state index in [2.05, 4.69) is 6.92 Å². The molecule has 0 aliphatic carbocycles. The Labute approximate surface area is 124 Å². The molecule has 0 heterocycles. The van der Waals surface area contributed by atoms with Crippen molar-refractivity contribution in [3.8, 4) is 0 Å². The van der Waals surface area contributed by atoms with Gasteiger partial charge in [0, 0.05) is 17.1 Å². The number of rotatable bonds is 8. The van der Waals surface area contributed by atoms with Crippen molar-refractivity contribution in [2.45, 2.75) is 39.0 Å². The number of aliphatic carboxylic acids is 1. The van der Waals surface area contributed by atoms with Crippen molar-refractivity contribution in [1.82, 2.24) is 0 Å². The molecule has 20 heavy (non-hydrogen) atoms. The maximum atomic E-state index is 12.2. The molecule has 0 atom stereocenters. The SMILES string of the molecule is CCCCCCC(=O)N(CC(=O)O)c1cccc(Cl)c1. The summed E-state index contributed by atoms with van der Waals surface area (Å²) in [5.41, 5.74) is 0.528. The van der Waals surface area contributed by atoms with Gasteiger partial charge in [-0.2, -0.15) is 0 Å². The van der Waals surface area contributed by atoms with E-state index in [1.54, 1.807) is 24.3 Å². The standard InChI is InChI=1S/C15H20ClNO3/c1-2-3-4-5-9-14(18)17(11-15(19)20)13-8-6-7-12(16)10-13/h6-8,10H,2-5,9,11H2,1H3,(H,19,20). The van der Waals surface area contributed by atoms with Crippen molar-refractivity contribution in [2.24, 2.45) is 0 Å². The van der Waals surface area contributed by atoms with E-state index >= 15 is 0 Å². The molecule has 1 amide bonds. The average molecular weight is 298 g/mol. The van der Waals surface area contributed by atoms with Gasteiger partial charge in [0.1, 0.15) is 6.54 Å². The van der Waals surface area contributed by atoms with Crippen molar-refractivity contribution in [3.05, 3.63) is 29.3 Å². The van der Waals surface area contributed by atoms with Crippen LogP contribution >= 0.6 is 11.6 Å². The summed E-state index contributed by atoms with van der Waals surface area (Å²) in [6.07, 6.45) is 4.31. The molecule has 1 aromatic carbocycles. The third kappa shape index (κ3) is 5.61. The normalized spacial score (nSPS) is 10.3.